The van der Waals surface area contributed by atoms with Gasteiger partial charge < -0.3 is 5.32 Å². The summed E-state index contributed by atoms with van der Waals surface area (Å²) in [5, 5.41) is 3.10. The molecule has 0 aliphatic rings. The number of nitrogens with one attached hydrogen (secondary N) is 1. The Morgan fingerprint density at radius 3 is 2.21 bits per heavy atom. The van der Waals surface area contributed by atoms with Crippen molar-refractivity contribution in [3.05, 3.63) is 33.8 Å². The van der Waals surface area contributed by atoms with Gasteiger partial charge in [0, 0.05) is 11.6 Å². The third-order valence-electron chi connectivity index (χ3n) is 3.49. The molecule has 0 amide bonds. The predicted molar refractivity (Wildman–Crippen MR) is 79.2 cm³/mol. The highest BCUT2D eigenvalue weighted by molar-refractivity contribution is 9.10. The summed E-state index contributed by atoms with van der Waals surface area (Å²) in [5.41, 5.74) is 0.156. The summed E-state index contributed by atoms with van der Waals surface area (Å²) in [6.07, 6.45) is 3.95. The first-order valence-electron chi connectivity index (χ1n) is 6.87. The van der Waals surface area contributed by atoms with Crippen molar-refractivity contribution in [2.45, 2.75) is 45.6 Å². The van der Waals surface area contributed by atoms with E-state index in [9.17, 15) is 8.78 Å². The molecule has 19 heavy (non-hydrogen) atoms. The minimum Gasteiger partial charge on any atom is -0.313 e. The van der Waals surface area contributed by atoms with Crippen LogP contribution < -0.4 is 5.32 Å². The Kier molecular flexibility index (Phi) is 6.94. The topological polar surface area (TPSA) is 12.0 Å². The Morgan fingerprint density at radius 2 is 1.74 bits per heavy atom. The van der Waals surface area contributed by atoms with E-state index >= 15 is 0 Å². The summed E-state index contributed by atoms with van der Waals surface area (Å²) in [7, 11) is 1.77. The molecule has 0 aliphatic heterocycles. The highest BCUT2D eigenvalue weighted by Gasteiger charge is 2.27. The van der Waals surface area contributed by atoms with E-state index in [1.54, 1.807) is 7.05 Å². The first-order chi connectivity index (χ1) is 9.06. The molecule has 4 heteroatoms. The molecule has 0 spiro atoms. The van der Waals surface area contributed by atoms with Crippen LogP contribution in [0.5, 0.6) is 0 Å². The van der Waals surface area contributed by atoms with E-state index in [0.717, 1.165) is 25.7 Å². The molecule has 0 saturated carbocycles. The second-order valence-corrected chi connectivity index (χ2v) is 5.71. The zero-order chi connectivity index (χ0) is 14.4. The van der Waals surface area contributed by atoms with E-state index in [1.165, 1.54) is 12.1 Å². The first kappa shape index (κ1) is 16.6. The van der Waals surface area contributed by atoms with Gasteiger partial charge in [-0.25, -0.2) is 8.78 Å². The molecule has 0 fully saturated rings. The normalized spacial score (nSPS) is 13.0. The molecule has 108 valence electrons. The zero-order valence-corrected chi connectivity index (χ0v) is 13.4. The summed E-state index contributed by atoms with van der Waals surface area (Å²) >= 11 is 3.14. The van der Waals surface area contributed by atoms with E-state index in [4.69, 9.17) is 0 Å². The molecular formula is C15H22BrF2N. The van der Waals surface area contributed by atoms with Crippen LogP contribution in [0.2, 0.25) is 0 Å². The Hall–Kier alpha value is -0.480. The zero-order valence-electron chi connectivity index (χ0n) is 11.8. The monoisotopic (exact) mass is 333 g/mol. The molecule has 1 unspecified atom stereocenters. The maximum absolute atomic E-state index is 14.2. The number of halogens is 3. The van der Waals surface area contributed by atoms with E-state index in [2.05, 4.69) is 35.1 Å². The molecular weight excluding hydrogens is 312 g/mol. The Labute approximate surface area is 122 Å². The second kappa shape index (κ2) is 7.95. The largest absolute Gasteiger partial charge is 0.313 e. The molecule has 1 aromatic carbocycles. The molecule has 1 N–H and O–H groups in total. The van der Waals surface area contributed by atoms with Gasteiger partial charge in [0.2, 0.25) is 0 Å². The van der Waals surface area contributed by atoms with Gasteiger partial charge in [0.05, 0.1) is 4.47 Å². The Balaban J connectivity index is 3.17. The van der Waals surface area contributed by atoms with Crippen molar-refractivity contribution in [1.82, 2.24) is 5.32 Å². The highest BCUT2D eigenvalue weighted by atomic mass is 79.9. The van der Waals surface area contributed by atoms with Crippen LogP contribution in [0.25, 0.3) is 0 Å². The minimum atomic E-state index is -0.489. The molecule has 0 radical (unpaired) electrons. The van der Waals surface area contributed by atoms with Gasteiger partial charge in [-0.2, -0.15) is 0 Å². The van der Waals surface area contributed by atoms with Crippen molar-refractivity contribution >= 4 is 15.9 Å². The fraction of sp³-hybridized carbons (Fsp3) is 0.600. The molecule has 0 bridgehead atoms. The van der Waals surface area contributed by atoms with Crippen LogP contribution in [0.3, 0.4) is 0 Å². The molecule has 0 aliphatic carbocycles. The van der Waals surface area contributed by atoms with Gasteiger partial charge in [-0.05, 0) is 53.9 Å². The lowest BCUT2D eigenvalue weighted by atomic mass is 9.85. The lowest BCUT2D eigenvalue weighted by Crippen LogP contribution is -2.27. The van der Waals surface area contributed by atoms with E-state index in [-0.39, 0.29) is 17.5 Å². The number of hydrogen-bond acceptors (Lipinski definition) is 1. The fourth-order valence-electron chi connectivity index (χ4n) is 2.66. The molecule has 1 rings (SSSR count). The van der Waals surface area contributed by atoms with Crippen LogP contribution in [0.15, 0.2) is 16.6 Å². The van der Waals surface area contributed by atoms with Gasteiger partial charge in [0.25, 0.3) is 0 Å². The smallest absolute Gasteiger partial charge is 0.145 e. The lowest BCUT2D eigenvalue weighted by molar-refractivity contribution is 0.314. The van der Waals surface area contributed by atoms with Gasteiger partial charge in [0.15, 0.2) is 0 Å². The fourth-order valence-corrected chi connectivity index (χ4v) is 3.01. The Morgan fingerprint density at radius 1 is 1.16 bits per heavy atom. The summed E-state index contributed by atoms with van der Waals surface area (Å²) in [5.74, 6) is -0.716. The van der Waals surface area contributed by atoms with Gasteiger partial charge >= 0.3 is 0 Å². The molecule has 1 aromatic rings. The van der Waals surface area contributed by atoms with Crippen molar-refractivity contribution in [1.29, 1.82) is 0 Å². The molecule has 0 heterocycles. The number of benzene rings is 1. The molecule has 0 saturated heterocycles. The SMILES string of the molecule is CCCC(CCC)C(NC)c1c(F)ccc(Br)c1F. The second-order valence-electron chi connectivity index (χ2n) is 4.86. The third kappa shape index (κ3) is 3.99. The van der Waals surface area contributed by atoms with Crippen molar-refractivity contribution in [3.8, 4) is 0 Å². The van der Waals surface area contributed by atoms with Gasteiger partial charge in [0.1, 0.15) is 11.6 Å². The summed E-state index contributed by atoms with van der Waals surface area (Å²) in [4.78, 5) is 0. The summed E-state index contributed by atoms with van der Waals surface area (Å²) in [6, 6.07) is 2.45. The van der Waals surface area contributed by atoms with Crippen LogP contribution >= 0.6 is 15.9 Å². The predicted octanol–water partition coefficient (Wildman–Crippen LogP) is 5.20. The van der Waals surface area contributed by atoms with Crippen LogP contribution in [0.4, 0.5) is 8.78 Å². The average molecular weight is 334 g/mol. The Bertz CT molecular complexity index is 403. The van der Waals surface area contributed by atoms with Crippen LogP contribution in [-0.2, 0) is 0 Å². The quantitative estimate of drug-likeness (QED) is 0.676. The van der Waals surface area contributed by atoms with E-state index in [1.807, 2.05) is 0 Å². The van der Waals surface area contributed by atoms with Crippen molar-refractivity contribution < 1.29 is 8.78 Å². The molecule has 1 atom stereocenters. The molecule has 0 aromatic heterocycles. The van der Waals surface area contributed by atoms with Crippen molar-refractivity contribution in [2.75, 3.05) is 7.05 Å². The summed E-state index contributed by atoms with van der Waals surface area (Å²) < 4.78 is 28.5. The third-order valence-corrected chi connectivity index (χ3v) is 4.10. The maximum atomic E-state index is 14.2. The van der Waals surface area contributed by atoms with Gasteiger partial charge in [-0.15, -0.1) is 0 Å². The van der Waals surface area contributed by atoms with E-state index in [0.29, 0.717) is 4.47 Å². The van der Waals surface area contributed by atoms with Crippen LogP contribution in [0, 0.1) is 17.6 Å². The van der Waals surface area contributed by atoms with Crippen molar-refractivity contribution in [3.63, 3.8) is 0 Å². The maximum Gasteiger partial charge on any atom is 0.145 e. The van der Waals surface area contributed by atoms with Gasteiger partial charge in [-0.1, -0.05) is 26.7 Å². The number of rotatable bonds is 7. The minimum absolute atomic E-state index is 0.156. The lowest BCUT2D eigenvalue weighted by Gasteiger charge is -2.27. The van der Waals surface area contributed by atoms with Crippen LogP contribution in [-0.4, -0.2) is 7.05 Å². The van der Waals surface area contributed by atoms with Crippen molar-refractivity contribution in [2.24, 2.45) is 5.92 Å². The molecule has 1 nitrogen and oxygen atoms in total. The van der Waals surface area contributed by atoms with Crippen LogP contribution in [0.1, 0.15) is 51.1 Å². The first-order valence-corrected chi connectivity index (χ1v) is 7.66. The summed E-state index contributed by atoms with van der Waals surface area (Å²) in [6.45, 7) is 4.20. The standard InChI is InChI=1S/C15H22BrF2N/c1-4-6-10(7-5-2)15(19-3)13-12(17)9-8-11(16)14(13)18/h8-10,15,19H,4-7H2,1-3H3. The van der Waals surface area contributed by atoms with E-state index < -0.39 is 11.6 Å². The number of hydrogen-bond donors (Lipinski definition) is 1. The van der Waals surface area contributed by atoms with Gasteiger partial charge in [-0.3, -0.25) is 0 Å². The average Bonchev–Trinajstić information content (AvgIpc) is 2.39. The highest BCUT2D eigenvalue weighted by Crippen LogP contribution is 2.34.